The van der Waals surface area contributed by atoms with Crippen LogP contribution in [0.5, 0.6) is 0 Å². The second-order valence-corrected chi connectivity index (χ2v) is 10.4. The lowest BCUT2D eigenvalue weighted by molar-refractivity contribution is -0.137. The predicted molar refractivity (Wildman–Crippen MR) is 136 cm³/mol. The molecule has 0 saturated carbocycles. The molecule has 0 bridgehead atoms. The van der Waals surface area contributed by atoms with Gasteiger partial charge >= 0.3 is 6.18 Å². The maximum absolute atomic E-state index is 13.2. The first kappa shape index (κ1) is 26.0. The second kappa shape index (κ2) is 9.77. The number of alkyl halides is 3. The molecule has 2 N–H and O–H groups in total. The summed E-state index contributed by atoms with van der Waals surface area (Å²) in [5, 5.41) is 0. The molecule has 1 saturated heterocycles. The summed E-state index contributed by atoms with van der Waals surface area (Å²) in [7, 11) is 0. The number of benzene rings is 2. The van der Waals surface area contributed by atoms with E-state index in [0.717, 1.165) is 61.1 Å². The molecule has 1 aromatic heterocycles. The van der Waals surface area contributed by atoms with Gasteiger partial charge in [-0.25, -0.2) is 0 Å². The van der Waals surface area contributed by atoms with Crippen LogP contribution in [0.1, 0.15) is 66.2 Å². The second-order valence-electron chi connectivity index (χ2n) is 10.4. The molecule has 1 aliphatic rings. The van der Waals surface area contributed by atoms with Gasteiger partial charge in [-0.05, 0) is 100 Å². The monoisotopic (exact) mass is 497 g/mol. The summed E-state index contributed by atoms with van der Waals surface area (Å²) in [6, 6.07) is 15.8. The number of primary amides is 1. The number of carbonyl (C=O) groups is 1. The summed E-state index contributed by atoms with van der Waals surface area (Å²) in [5.41, 5.74) is 10.00. The van der Waals surface area contributed by atoms with Gasteiger partial charge in [-0.2, -0.15) is 13.2 Å². The molecule has 2 heterocycles. The minimum Gasteiger partial charge on any atom is -0.369 e. The van der Waals surface area contributed by atoms with Crippen LogP contribution in [0.3, 0.4) is 0 Å². The number of carbonyl (C=O) groups excluding carboxylic acids is 1. The molecule has 1 amide bonds. The Bertz CT molecular complexity index is 1250. The molecule has 2 aromatic carbocycles. The topological polar surface area (TPSA) is 51.3 Å². The van der Waals surface area contributed by atoms with Crippen molar-refractivity contribution < 1.29 is 18.0 Å². The fraction of sp³-hybridized carbons (Fsp3) is 0.414. The molecule has 0 radical (unpaired) electrons. The maximum Gasteiger partial charge on any atom is 0.416 e. The van der Waals surface area contributed by atoms with Crippen LogP contribution < -0.4 is 5.73 Å². The quantitative estimate of drug-likeness (QED) is 0.437. The van der Waals surface area contributed by atoms with Gasteiger partial charge in [0.05, 0.1) is 11.0 Å². The molecular weight excluding hydrogens is 463 g/mol. The van der Waals surface area contributed by atoms with Crippen molar-refractivity contribution in [2.75, 3.05) is 13.1 Å². The van der Waals surface area contributed by atoms with Crippen LogP contribution >= 0.6 is 0 Å². The van der Waals surface area contributed by atoms with Gasteiger partial charge < -0.3 is 10.3 Å². The molecule has 3 aromatic rings. The Morgan fingerprint density at radius 1 is 0.972 bits per heavy atom. The highest BCUT2D eigenvalue weighted by molar-refractivity contribution is 5.85. The van der Waals surface area contributed by atoms with Gasteiger partial charge in [0.25, 0.3) is 0 Å². The van der Waals surface area contributed by atoms with Crippen LogP contribution in [-0.4, -0.2) is 28.5 Å². The van der Waals surface area contributed by atoms with Gasteiger partial charge in [-0.3, -0.25) is 9.69 Å². The number of aromatic nitrogens is 1. The number of hydrogen-bond acceptors (Lipinski definition) is 2. The molecule has 1 aliphatic heterocycles. The van der Waals surface area contributed by atoms with E-state index in [1.807, 2.05) is 44.4 Å². The zero-order valence-electron chi connectivity index (χ0n) is 21.3. The smallest absolute Gasteiger partial charge is 0.369 e. The van der Waals surface area contributed by atoms with Crippen LogP contribution in [0, 0.1) is 13.8 Å². The first-order valence-electron chi connectivity index (χ1n) is 12.4. The molecule has 0 spiro atoms. The standard InChI is InChI=1S/C29H34F3N3O/c1-19-15-23(20(2)35(19)26-10-6-9-25(17-26)29(30,31)32)18-34-13-11-21(12-14-34)22-7-5-8-24(16-22)28(3,4)27(33)36/h5-10,15-17,21H,11-14,18H2,1-4H3,(H2,33,36). The molecule has 0 atom stereocenters. The Morgan fingerprint density at radius 3 is 2.25 bits per heavy atom. The van der Waals surface area contributed by atoms with Crippen molar-refractivity contribution in [3.8, 4) is 5.69 Å². The third kappa shape index (κ3) is 5.21. The lowest BCUT2D eigenvalue weighted by Gasteiger charge is -2.33. The van der Waals surface area contributed by atoms with E-state index in [9.17, 15) is 18.0 Å². The summed E-state index contributed by atoms with van der Waals surface area (Å²) >= 11 is 0. The maximum atomic E-state index is 13.2. The SMILES string of the molecule is Cc1cc(CN2CCC(c3cccc(C(C)(C)C(N)=O)c3)CC2)c(C)n1-c1cccc(C(F)(F)F)c1. The number of likely N-dealkylation sites (tertiary alicyclic amines) is 1. The molecule has 4 nitrogen and oxygen atoms in total. The van der Waals surface area contributed by atoms with E-state index in [4.69, 9.17) is 5.73 Å². The fourth-order valence-corrected chi connectivity index (χ4v) is 5.20. The normalized spacial score (nSPS) is 15.9. The van der Waals surface area contributed by atoms with Crippen molar-refractivity contribution in [1.82, 2.24) is 9.47 Å². The zero-order valence-corrected chi connectivity index (χ0v) is 21.3. The third-order valence-corrected chi connectivity index (χ3v) is 7.64. The number of halogens is 3. The van der Waals surface area contributed by atoms with Gasteiger partial charge in [0.15, 0.2) is 0 Å². The van der Waals surface area contributed by atoms with Crippen LogP contribution in [0.2, 0.25) is 0 Å². The minimum atomic E-state index is -4.37. The Balaban J connectivity index is 1.46. The molecule has 192 valence electrons. The van der Waals surface area contributed by atoms with Gasteiger partial charge in [0.1, 0.15) is 0 Å². The largest absolute Gasteiger partial charge is 0.416 e. The van der Waals surface area contributed by atoms with Crippen LogP contribution in [0.25, 0.3) is 5.69 Å². The molecule has 0 unspecified atom stereocenters. The highest BCUT2D eigenvalue weighted by atomic mass is 19.4. The van der Waals surface area contributed by atoms with Crippen molar-refractivity contribution >= 4 is 5.91 Å². The van der Waals surface area contributed by atoms with Gasteiger partial charge in [-0.15, -0.1) is 0 Å². The Labute approximate surface area is 210 Å². The zero-order chi connectivity index (χ0) is 26.3. The summed E-state index contributed by atoms with van der Waals surface area (Å²) in [6.07, 6.45) is -2.35. The molecular formula is C29H34F3N3O. The van der Waals surface area contributed by atoms with Crippen molar-refractivity contribution in [3.63, 3.8) is 0 Å². The fourth-order valence-electron chi connectivity index (χ4n) is 5.20. The number of nitrogens with two attached hydrogens (primary N) is 1. The van der Waals surface area contributed by atoms with E-state index < -0.39 is 17.2 Å². The third-order valence-electron chi connectivity index (χ3n) is 7.64. The molecule has 1 fully saturated rings. The number of aryl methyl sites for hydroxylation is 1. The van der Waals surface area contributed by atoms with Gasteiger partial charge in [-0.1, -0.05) is 30.3 Å². The van der Waals surface area contributed by atoms with E-state index >= 15 is 0 Å². The molecule has 4 rings (SSSR count). The van der Waals surface area contributed by atoms with Crippen molar-refractivity contribution in [3.05, 3.63) is 88.2 Å². The first-order chi connectivity index (χ1) is 16.9. The summed E-state index contributed by atoms with van der Waals surface area (Å²) in [6.45, 7) is 10.2. The van der Waals surface area contributed by atoms with Crippen molar-refractivity contribution in [2.24, 2.45) is 5.73 Å². The van der Waals surface area contributed by atoms with Crippen LogP contribution in [-0.2, 0) is 22.9 Å². The van der Waals surface area contributed by atoms with Gasteiger partial charge in [0, 0.05) is 23.6 Å². The molecule has 7 heteroatoms. The Kier molecular flexibility index (Phi) is 7.06. The van der Waals surface area contributed by atoms with Crippen LogP contribution in [0.15, 0.2) is 54.6 Å². The van der Waals surface area contributed by atoms with Gasteiger partial charge in [0.2, 0.25) is 5.91 Å². The number of piperidine rings is 1. The predicted octanol–water partition coefficient (Wildman–Crippen LogP) is 6.26. The number of rotatable bonds is 6. The Morgan fingerprint density at radius 2 is 1.61 bits per heavy atom. The summed E-state index contributed by atoms with van der Waals surface area (Å²) in [4.78, 5) is 14.3. The minimum absolute atomic E-state index is 0.336. The van der Waals surface area contributed by atoms with Crippen LogP contribution in [0.4, 0.5) is 13.2 Å². The van der Waals surface area contributed by atoms with E-state index in [1.54, 1.807) is 6.07 Å². The number of amides is 1. The average Bonchev–Trinajstić information content (AvgIpc) is 3.11. The highest BCUT2D eigenvalue weighted by Gasteiger charge is 2.31. The lowest BCUT2D eigenvalue weighted by Crippen LogP contribution is -2.36. The van der Waals surface area contributed by atoms with Crippen molar-refractivity contribution in [1.29, 1.82) is 0 Å². The lowest BCUT2D eigenvalue weighted by atomic mass is 9.80. The Hall–Kier alpha value is -3.06. The molecule has 0 aliphatic carbocycles. The summed E-state index contributed by atoms with van der Waals surface area (Å²) in [5.74, 6) is 0.0830. The molecule has 36 heavy (non-hydrogen) atoms. The summed E-state index contributed by atoms with van der Waals surface area (Å²) < 4.78 is 41.6. The van der Waals surface area contributed by atoms with E-state index in [1.165, 1.54) is 17.7 Å². The average molecular weight is 498 g/mol. The van der Waals surface area contributed by atoms with E-state index in [0.29, 0.717) is 11.6 Å². The number of nitrogens with zero attached hydrogens (tertiary/aromatic N) is 2. The highest BCUT2D eigenvalue weighted by Crippen LogP contribution is 2.34. The number of hydrogen-bond donors (Lipinski definition) is 1. The van der Waals surface area contributed by atoms with Crippen molar-refractivity contribution in [2.45, 2.75) is 64.6 Å². The first-order valence-corrected chi connectivity index (χ1v) is 12.4. The van der Waals surface area contributed by atoms with E-state index in [2.05, 4.69) is 23.1 Å². The van der Waals surface area contributed by atoms with E-state index in [-0.39, 0.29) is 5.91 Å².